The van der Waals surface area contributed by atoms with Crippen LogP contribution in [0.25, 0.3) is 71.8 Å². The van der Waals surface area contributed by atoms with Gasteiger partial charge in [0.05, 0.1) is 11.4 Å². The van der Waals surface area contributed by atoms with Crippen molar-refractivity contribution >= 4 is 38.5 Å². The summed E-state index contributed by atoms with van der Waals surface area (Å²) in [5.41, 5.74) is 11.3. The molecule has 49 heavy (non-hydrogen) atoms. The van der Waals surface area contributed by atoms with Crippen molar-refractivity contribution in [1.29, 1.82) is 0 Å². The minimum absolute atomic E-state index is 0. The molecule has 0 radical (unpaired) electrons. The van der Waals surface area contributed by atoms with Gasteiger partial charge in [-0.05, 0) is 53.4 Å². The zero-order valence-corrected chi connectivity index (χ0v) is 29.3. The van der Waals surface area contributed by atoms with E-state index in [0.29, 0.717) is 0 Å². The largest absolute Gasteiger partial charge is 0.512 e. The van der Waals surface area contributed by atoms with Gasteiger partial charge in [0.2, 0.25) is 0 Å². The van der Waals surface area contributed by atoms with E-state index in [4.69, 9.17) is 10.1 Å². The average Bonchev–Trinajstić information content (AvgIpc) is 3.45. The molecule has 0 bridgehead atoms. The molecule has 2 heterocycles. The molecule has 4 nitrogen and oxygen atoms in total. The van der Waals surface area contributed by atoms with Crippen LogP contribution in [0.5, 0.6) is 0 Å². The number of aliphatic hydroxyl groups is 1. The quantitative estimate of drug-likeness (QED) is 0.107. The molecule has 0 saturated carbocycles. The molecule has 0 saturated heterocycles. The SMILES string of the molecule is CC(=O)/C=C(/C)O.[Pt].[c-]1cc(-c2cccc3ccccc23)cc2c1c1ncccc1n2-c1c(-c2ccccc2)cccc1-c1ccccc1. The van der Waals surface area contributed by atoms with E-state index < -0.39 is 0 Å². The van der Waals surface area contributed by atoms with Gasteiger partial charge < -0.3 is 14.7 Å². The standard InChI is InChI=1S/C39H25N2.C5H8O2.Pt/c1-3-12-28(13-4-1)33-20-10-21-34(29-14-5-2-6-15-29)39(33)41-36-22-11-25-40-38(36)35-24-23-30(26-37(35)41)32-19-9-17-27-16-7-8-18-31(27)32;1-4(6)3-5(2)7;/h1-23,25-26H;3,6H,1-2H3;/q-1;;/b;4-3-;. The monoisotopic (exact) mass is 816 g/mol. The number of nitrogens with zero attached hydrogens (tertiary/aromatic N) is 2. The second kappa shape index (κ2) is 14.7. The number of pyridine rings is 1. The fraction of sp³-hybridized carbons (Fsp3) is 0.0455. The number of carbonyl (C=O) groups is 1. The fourth-order valence-electron chi connectivity index (χ4n) is 6.40. The van der Waals surface area contributed by atoms with Crippen molar-refractivity contribution in [2.24, 2.45) is 0 Å². The summed E-state index contributed by atoms with van der Waals surface area (Å²) >= 11 is 0. The molecule has 0 aliphatic heterocycles. The third kappa shape index (κ3) is 6.74. The number of hydrogen-bond donors (Lipinski definition) is 1. The second-order valence-corrected chi connectivity index (χ2v) is 11.7. The topological polar surface area (TPSA) is 55.1 Å². The van der Waals surface area contributed by atoms with Crippen LogP contribution in [-0.2, 0) is 25.9 Å². The Balaban J connectivity index is 0.000000474. The number of para-hydroxylation sites is 1. The zero-order valence-electron chi connectivity index (χ0n) is 27.1. The molecule has 0 spiro atoms. The molecule has 0 aliphatic carbocycles. The van der Waals surface area contributed by atoms with Gasteiger partial charge in [-0.15, -0.1) is 18.2 Å². The van der Waals surface area contributed by atoms with E-state index in [2.05, 4.69) is 150 Å². The van der Waals surface area contributed by atoms with Crippen molar-refractivity contribution in [3.8, 4) is 39.1 Å². The number of hydrogen-bond acceptors (Lipinski definition) is 3. The number of aliphatic hydroxyl groups excluding tert-OH is 1. The van der Waals surface area contributed by atoms with Crippen LogP contribution in [0.4, 0.5) is 0 Å². The summed E-state index contributed by atoms with van der Waals surface area (Å²) in [7, 11) is 0. The summed E-state index contributed by atoms with van der Waals surface area (Å²) in [6, 6.07) is 55.3. The first-order valence-electron chi connectivity index (χ1n) is 15.9. The van der Waals surface area contributed by atoms with Gasteiger partial charge in [0.15, 0.2) is 5.78 Å². The third-order valence-electron chi connectivity index (χ3n) is 8.37. The van der Waals surface area contributed by atoms with Crippen molar-refractivity contribution in [3.63, 3.8) is 0 Å². The molecular formula is C44H33N2O2Pt-. The van der Waals surface area contributed by atoms with Crippen LogP contribution in [0.3, 0.4) is 0 Å². The fourth-order valence-corrected chi connectivity index (χ4v) is 6.40. The maximum Gasteiger partial charge on any atom is 0.155 e. The van der Waals surface area contributed by atoms with Crippen LogP contribution >= 0.6 is 0 Å². The van der Waals surface area contributed by atoms with Crippen LogP contribution in [-0.4, -0.2) is 20.4 Å². The number of aromatic nitrogens is 2. The van der Waals surface area contributed by atoms with E-state index in [0.717, 1.165) is 33.2 Å². The maximum atomic E-state index is 10.0. The normalized spacial score (nSPS) is 11.2. The van der Waals surface area contributed by atoms with Crippen molar-refractivity contribution in [2.45, 2.75) is 13.8 Å². The molecule has 8 aromatic rings. The minimum Gasteiger partial charge on any atom is -0.512 e. The molecule has 0 amide bonds. The van der Waals surface area contributed by atoms with Crippen LogP contribution in [0, 0.1) is 6.07 Å². The molecular weight excluding hydrogens is 784 g/mol. The Hall–Kier alpha value is -5.57. The number of carbonyl (C=O) groups excluding carboxylic acids is 1. The predicted molar refractivity (Wildman–Crippen MR) is 198 cm³/mol. The van der Waals surface area contributed by atoms with Gasteiger partial charge >= 0.3 is 0 Å². The predicted octanol–water partition coefficient (Wildman–Crippen LogP) is 11.2. The number of fused-ring (bicyclic) bond motifs is 4. The van der Waals surface area contributed by atoms with Crippen molar-refractivity contribution in [3.05, 3.63) is 170 Å². The van der Waals surface area contributed by atoms with Crippen molar-refractivity contribution in [2.75, 3.05) is 0 Å². The first-order valence-corrected chi connectivity index (χ1v) is 15.9. The molecule has 6 aromatic carbocycles. The van der Waals surface area contributed by atoms with Crippen molar-refractivity contribution in [1.82, 2.24) is 9.55 Å². The van der Waals surface area contributed by atoms with E-state index in [1.807, 2.05) is 12.3 Å². The Kier molecular flexibility index (Phi) is 9.99. The molecule has 5 heteroatoms. The number of ketones is 1. The van der Waals surface area contributed by atoms with Gasteiger partial charge in [-0.2, -0.15) is 0 Å². The number of benzene rings is 6. The van der Waals surface area contributed by atoms with E-state index in [9.17, 15) is 4.79 Å². The Morgan fingerprint density at radius 3 is 1.90 bits per heavy atom. The Bertz CT molecular complexity index is 2380. The molecule has 0 fully saturated rings. The summed E-state index contributed by atoms with van der Waals surface area (Å²) in [4.78, 5) is 14.9. The first-order chi connectivity index (χ1) is 23.5. The van der Waals surface area contributed by atoms with Gasteiger partial charge in [0.1, 0.15) is 0 Å². The van der Waals surface area contributed by atoms with Crippen LogP contribution in [0.2, 0.25) is 0 Å². The van der Waals surface area contributed by atoms with Crippen LogP contribution < -0.4 is 0 Å². The molecule has 0 atom stereocenters. The Morgan fingerprint density at radius 2 is 1.27 bits per heavy atom. The van der Waals surface area contributed by atoms with E-state index in [1.165, 1.54) is 58.5 Å². The maximum absolute atomic E-state index is 10.0. The second-order valence-electron chi connectivity index (χ2n) is 11.7. The molecule has 242 valence electrons. The van der Waals surface area contributed by atoms with E-state index in [-0.39, 0.29) is 32.6 Å². The number of allylic oxidation sites excluding steroid dienone is 2. The van der Waals surface area contributed by atoms with Gasteiger partial charge in [0.25, 0.3) is 0 Å². The Morgan fingerprint density at radius 1 is 0.673 bits per heavy atom. The summed E-state index contributed by atoms with van der Waals surface area (Å²) in [5, 5.41) is 11.8. The molecule has 8 rings (SSSR count). The molecule has 0 aliphatic rings. The minimum atomic E-state index is -0.125. The van der Waals surface area contributed by atoms with Gasteiger partial charge in [-0.3, -0.25) is 4.79 Å². The summed E-state index contributed by atoms with van der Waals surface area (Å²) in [6.45, 7) is 2.85. The zero-order chi connectivity index (χ0) is 33.0. The van der Waals surface area contributed by atoms with Gasteiger partial charge in [-0.25, -0.2) is 0 Å². The van der Waals surface area contributed by atoms with E-state index in [1.54, 1.807) is 0 Å². The van der Waals surface area contributed by atoms with Crippen LogP contribution in [0.15, 0.2) is 164 Å². The van der Waals surface area contributed by atoms with Gasteiger partial charge in [-0.1, -0.05) is 138 Å². The summed E-state index contributed by atoms with van der Waals surface area (Å²) in [5.74, 6) is -0.0625. The van der Waals surface area contributed by atoms with Crippen LogP contribution in [0.1, 0.15) is 13.8 Å². The third-order valence-corrected chi connectivity index (χ3v) is 8.37. The Labute approximate surface area is 300 Å². The van der Waals surface area contributed by atoms with Crippen molar-refractivity contribution < 1.29 is 31.0 Å². The molecule has 0 unspecified atom stereocenters. The summed E-state index contributed by atoms with van der Waals surface area (Å²) in [6.07, 6.45) is 3.04. The number of rotatable bonds is 5. The summed E-state index contributed by atoms with van der Waals surface area (Å²) < 4.78 is 2.40. The smallest absolute Gasteiger partial charge is 0.155 e. The average molecular weight is 817 g/mol. The molecule has 2 aromatic heterocycles. The van der Waals surface area contributed by atoms with E-state index >= 15 is 0 Å². The van der Waals surface area contributed by atoms with Gasteiger partial charge in [0, 0.05) is 55.5 Å². The molecule has 1 N–H and O–H groups in total. The first kappa shape index (κ1) is 33.3.